The molecule has 3 N–H and O–H groups in total. The van der Waals surface area contributed by atoms with E-state index in [1.165, 1.54) is 0 Å². The Kier molecular flexibility index (Phi) is 6.87. The number of rotatable bonds is 6. The lowest BCUT2D eigenvalue weighted by Crippen LogP contribution is -2.42. The van der Waals surface area contributed by atoms with Gasteiger partial charge in [0, 0.05) is 11.1 Å². The van der Waals surface area contributed by atoms with Gasteiger partial charge in [-0.25, -0.2) is 21.6 Å². The van der Waals surface area contributed by atoms with E-state index in [4.69, 9.17) is 11.6 Å². The van der Waals surface area contributed by atoms with Crippen LogP contribution in [0.15, 0.2) is 46.2 Å². The largest absolute Gasteiger partial charge is 0.507 e. The molecule has 0 amide bonds. The highest BCUT2D eigenvalue weighted by Crippen LogP contribution is 2.39. The molecule has 176 valence electrons. The molecule has 0 aromatic heterocycles. The van der Waals surface area contributed by atoms with Crippen molar-refractivity contribution < 1.29 is 21.9 Å². The highest BCUT2D eigenvalue weighted by molar-refractivity contribution is 7.93. The van der Waals surface area contributed by atoms with Crippen LogP contribution < -0.4 is 9.44 Å². The Balaban J connectivity index is 1.91. The Labute approximate surface area is 195 Å². The molecule has 2 aromatic rings. The van der Waals surface area contributed by atoms with Gasteiger partial charge in [-0.05, 0) is 73.4 Å². The molecule has 32 heavy (non-hydrogen) atoms. The molecule has 0 radical (unpaired) electrons. The Hall–Kier alpha value is -1.81. The van der Waals surface area contributed by atoms with Gasteiger partial charge in [0.25, 0.3) is 10.0 Å². The van der Waals surface area contributed by atoms with E-state index in [2.05, 4.69) is 30.2 Å². The predicted octanol–water partition coefficient (Wildman–Crippen LogP) is 4.65. The van der Waals surface area contributed by atoms with Crippen molar-refractivity contribution in [1.82, 2.24) is 4.72 Å². The lowest BCUT2D eigenvalue weighted by atomic mass is 9.71. The maximum atomic E-state index is 13.1. The fourth-order valence-corrected chi connectivity index (χ4v) is 7.29. The molecule has 1 aliphatic carbocycles. The maximum absolute atomic E-state index is 13.1. The molecule has 0 bridgehead atoms. The van der Waals surface area contributed by atoms with Crippen molar-refractivity contribution in [3.63, 3.8) is 0 Å². The number of aromatic hydroxyl groups is 1. The third kappa shape index (κ3) is 5.57. The van der Waals surface area contributed by atoms with Gasteiger partial charge in [-0.2, -0.15) is 0 Å². The number of halogens is 1. The van der Waals surface area contributed by atoms with E-state index in [1.54, 1.807) is 25.1 Å². The molecule has 3 rings (SSSR count). The quantitative estimate of drug-likeness (QED) is 0.534. The minimum absolute atomic E-state index is 0.0170. The molecule has 0 saturated heterocycles. The van der Waals surface area contributed by atoms with Crippen LogP contribution in [0, 0.1) is 18.3 Å². The number of phenols is 1. The van der Waals surface area contributed by atoms with Crippen molar-refractivity contribution in [2.24, 2.45) is 11.3 Å². The Morgan fingerprint density at radius 2 is 1.75 bits per heavy atom. The van der Waals surface area contributed by atoms with Crippen molar-refractivity contribution in [3.05, 3.63) is 47.0 Å². The highest BCUT2D eigenvalue weighted by atomic mass is 35.5. The van der Waals surface area contributed by atoms with Gasteiger partial charge in [-0.3, -0.25) is 4.72 Å². The van der Waals surface area contributed by atoms with E-state index >= 15 is 0 Å². The summed E-state index contributed by atoms with van der Waals surface area (Å²) in [5.74, 6) is -0.171. The number of benzene rings is 2. The van der Waals surface area contributed by atoms with E-state index in [1.807, 2.05) is 0 Å². The van der Waals surface area contributed by atoms with E-state index in [0.29, 0.717) is 29.3 Å². The van der Waals surface area contributed by atoms with Crippen molar-refractivity contribution in [2.75, 3.05) is 4.72 Å². The van der Waals surface area contributed by atoms with E-state index in [0.717, 1.165) is 24.6 Å². The number of phenolic OH excluding ortho intramolecular Hbond substituents is 1. The molecule has 1 aliphatic rings. The second-order valence-electron chi connectivity index (χ2n) is 9.38. The number of nitrogens with one attached hydrogen (secondary N) is 2. The summed E-state index contributed by atoms with van der Waals surface area (Å²) in [6.07, 6.45) is 2.33. The van der Waals surface area contributed by atoms with Crippen LogP contribution in [-0.2, 0) is 20.0 Å². The topological polar surface area (TPSA) is 113 Å². The second kappa shape index (κ2) is 8.85. The summed E-state index contributed by atoms with van der Waals surface area (Å²) in [5, 5.41) is 10.6. The summed E-state index contributed by atoms with van der Waals surface area (Å²) >= 11 is 6.06. The molecule has 2 aromatic carbocycles. The fourth-order valence-electron chi connectivity index (χ4n) is 4.52. The fraction of sp³-hybridized carbons (Fsp3) is 0.455. The Morgan fingerprint density at radius 1 is 1.06 bits per heavy atom. The van der Waals surface area contributed by atoms with Crippen molar-refractivity contribution >= 4 is 37.3 Å². The van der Waals surface area contributed by atoms with Gasteiger partial charge < -0.3 is 5.11 Å². The van der Waals surface area contributed by atoms with Crippen LogP contribution in [0.3, 0.4) is 0 Å². The zero-order valence-electron chi connectivity index (χ0n) is 18.5. The third-order valence-corrected chi connectivity index (χ3v) is 9.07. The second-order valence-corrected chi connectivity index (χ2v) is 13.2. The molecule has 0 spiro atoms. The lowest BCUT2D eigenvalue weighted by Gasteiger charge is -2.39. The Morgan fingerprint density at radius 3 is 2.41 bits per heavy atom. The molecular weight excluding hydrogens is 472 g/mol. The van der Waals surface area contributed by atoms with Gasteiger partial charge in [0.15, 0.2) is 0 Å². The average molecular weight is 501 g/mol. The first kappa shape index (κ1) is 24.8. The van der Waals surface area contributed by atoms with E-state index < -0.39 is 30.7 Å². The van der Waals surface area contributed by atoms with E-state index in [-0.39, 0.29) is 22.0 Å². The zero-order valence-corrected chi connectivity index (χ0v) is 20.9. The van der Waals surface area contributed by atoms with Crippen LogP contribution >= 0.6 is 11.6 Å². The molecule has 2 atom stereocenters. The molecule has 0 heterocycles. The molecule has 1 fully saturated rings. The maximum Gasteiger partial charge on any atom is 0.261 e. The molecule has 1 saturated carbocycles. The number of anilines is 1. The summed E-state index contributed by atoms with van der Waals surface area (Å²) in [4.78, 5) is -0.758. The lowest BCUT2D eigenvalue weighted by molar-refractivity contribution is 0.163. The molecule has 0 aliphatic heterocycles. The van der Waals surface area contributed by atoms with Crippen LogP contribution in [0.5, 0.6) is 5.75 Å². The first-order valence-corrected chi connectivity index (χ1v) is 13.7. The van der Waals surface area contributed by atoms with Crippen LogP contribution in [0.2, 0.25) is 5.02 Å². The van der Waals surface area contributed by atoms with Crippen molar-refractivity contribution in [1.29, 1.82) is 0 Å². The van der Waals surface area contributed by atoms with E-state index in [9.17, 15) is 21.9 Å². The number of hydrogen-bond acceptors (Lipinski definition) is 5. The summed E-state index contributed by atoms with van der Waals surface area (Å²) in [7, 11) is -8.27. The highest BCUT2D eigenvalue weighted by Gasteiger charge is 2.35. The monoisotopic (exact) mass is 500 g/mol. The number of sulfonamides is 2. The van der Waals surface area contributed by atoms with Gasteiger partial charge >= 0.3 is 0 Å². The first-order valence-electron chi connectivity index (χ1n) is 10.3. The van der Waals surface area contributed by atoms with Gasteiger partial charge in [0.2, 0.25) is 10.0 Å². The van der Waals surface area contributed by atoms with Crippen LogP contribution in [0.1, 0.15) is 45.6 Å². The molecule has 2 unspecified atom stereocenters. The minimum atomic E-state index is -4.15. The SMILES string of the molecule is Cc1c(Cl)cccc1NS(=O)(=O)c1ccc(O)c(S(=O)(=O)NC2CC(C)CC(C)(C)C2)c1. The smallest absolute Gasteiger partial charge is 0.261 e. The minimum Gasteiger partial charge on any atom is -0.507 e. The standard InChI is InChI=1S/C22H29ClN2O5S2/c1-14-10-16(13-22(3,4)12-14)24-32(29,30)21-11-17(8-9-20(21)26)31(27,28)25-19-7-5-6-18(23)15(19)2/h5-9,11,14,16,24-26H,10,12-13H2,1-4H3. The summed E-state index contributed by atoms with van der Waals surface area (Å²) in [5.41, 5.74) is 0.809. The summed E-state index contributed by atoms with van der Waals surface area (Å²) in [6.45, 7) is 7.94. The summed E-state index contributed by atoms with van der Waals surface area (Å²) in [6, 6.07) is 7.70. The van der Waals surface area contributed by atoms with Gasteiger partial charge in [0.1, 0.15) is 10.6 Å². The van der Waals surface area contributed by atoms with Gasteiger partial charge in [-0.15, -0.1) is 0 Å². The van der Waals surface area contributed by atoms with Crippen LogP contribution in [-0.4, -0.2) is 28.0 Å². The first-order chi connectivity index (χ1) is 14.7. The van der Waals surface area contributed by atoms with Gasteiger partial charge in [0.05, 0.1) is 10.6 Å². The molecular formula is C22H29ClN2O5S2. The zero-order chi connectivity index (χ0) is 23.9. The van der Waals surface area contributed by atoms with Crippen molar-refractivity contribution in [3.8, 4) is 5.75 Å². The van der Waals surface area contributed by atoms with Crippen LogP contribution in [0.25, 0.3) is 0 Å². The molecule has 7 nitrogen and oxygen atoms in total. The third-order valence-electron chi connectivity index (χ3n) is 5.75. The normalized spacial score (nSPS) is 21.3. The average Bonchev–Trinajstić information content (AvgIpc) is 2.63. The Bertz CT molecular complexity index is 1230. The van der Waals surface area contributed by atoms with Crippen molar-refractivity contribution in [2.45, 2.75) is 62.8 Å². The summed E-state index contributed by atoms with van der Waals surface area (Å²) < 4.78 is 57.1. The number of hydrogen-bond donors (Lipinski definition) is 3. The predicted molar refractivity (Wildman–Crippen MR) is 126 cm³/mol. The van der Waals surface area contributed by atoms with Crippen LogP contribution in [0.4, 0.5) is 5.69 Å². The van der Waals surface area contributed by atoms with Gasteiger partial charge in [-0.1, -0.05) is 38.4 Å². The molecule has 10 heteroatoms.